The molecule has 1 atom stereocenters. The number of non-ortho nitro benzene ring substituents is 1. The van der Waals surface area contributed by atoms with Crippen molar-refractivity contribution in [3.8, 4) is 0 Å². The molecule has 0 saturated carbocycles. The number of nitrogens with one attached hydrogen (secondary N) is 1. The van der Waals surface area contributed by atoms with Crippen LogP contribution in [0, 0.1) is 17.0 Å². The second-order valence-corrected chi connectivity index (χ2v) is 5.84. The van der Waals surface area contributed by atoms with Crippen molar-refractivity contribution < 1.29 is 4.92 Å². The molecule has 0 amide bonds. The normalized spacial score (nSPS) is 12.3. The summed E-state index contributed by atoms with van der Waals surface area (Å²) in [6, 6.07) is 11.1. The molecule has 1 aromatic heterocycles. The summed E-state index contributed by atoms with van der Waals surface area (Å²) in [6.07, 6.45) is 0. The van der Waals surface area contributed by atoms with Gasteiger partial charge in [-0.25, -0.2) is 0 Å². The van der Waals surface area contributed by atoms with Crippen LogP contribution in [0.3, 0.4) is 0 Å². The van der Waals surface area contributed by atoms with Gasteiger partial charge in [0.1, 0.15) is 0 Å². The molecule has 5 heteroatoms. The molecular formula is C14H16N2O2S. The van der Waals surface area contributed by atoms with E-state index in [1.54, 1.807) is 23.5 Å². The fourth-order valence-electron chi connectivity index (χ4n) is 1.86. The largest absolute Gasteiger partial charge is 0.305 e. The molecule has 0 spiro atoms. The van der Waals surface area contributed by atoms with Crippen LogP contribution >= 0.6 is 11.3 Å². The highest BCUT2D eigenvalue weighted by Crippen LogP contribution is 2.20. The van der Waals surface area contributed by atoms with Crippen molar-refractivity contribution in [3.63, 3.8) is 0 Å². The highest BCUT2D eigenvalue weighted by molar-refractivity contribution is 7.11. The third-order valence-electron chi connectivity index (χ3n) is 2.96. The number of aryl methyl sites for hydroxylation is 1. The highest BCUT2D eigenvalue weighted by atomic mass is 32.1. The predicted octanol–water partition coefficient (Wildman–Crippen LogP) is 3.82. The molecule has 0 aliphatic carbocycles. The van der Waals surface area contributed by atoms with Crippen molar-refractivity contribution in [1.29, 1.82) is 0 Å². The van der Waals surface area contributed by atoms with Gasteiger partial charge in [0.25, 0.3) is 5.69 Å². The molecule has 0 radical (unpaired) electrons. The van der Waals surface area contributed by atoms with Crippen LogP contribution in [0.15, 0.2) is 36.4 Å². The lowest BCUT2D eigenvalue weighted by Crippen LogP contribution is -2.17. The number of nitrogens with zero attached hydrogens (tertiary/aromatic N) is 1. The summed E-state index contributed by atoms with van der Waals surface area (Å²) >= 11 is 1.76. The van der Waals surface area contributed by atoms with Crippen LogP contribution < -0.4 is 5.32 Å². The molecule has 1 heterocycles. The Bertz CT molecular complexity index is 580. The predicted molar refractivity (Wildman–Crippen MR) is 77.4 cm³/mol. The molecule has 0 aliphatic heterocycles. The van der Waals surface area contributed by atoms with Gasteiger partial charge in [0.05, 0.1) is 4.92 Å². The van der Waals surface area contributed by atoms with Gasteiger partial charge < -0.3 is 5.32 Å². The zero-order valence-electron chi connectivity index (χ0n) is 10.9. The third-order valence-corrected chi connectivity index (χ3v) is 3.96. The SMILES string of the molecule is Cc1ccc(CNC(C)c2cccc([N+](=O)[O-])c2)s1. The van der Waals surface area contributed by atoms with Gasteiger partial charge >= 0.3 is 0 Å². The first-order chi connectivity index (χ1) is 9.06. The lowest BCUT2D eigenvalue weighted by atomic mass is 10.1. The fraction of sp³-hybridized carbons (Fsp3) is 0.286. The van der Waals surface area contributed by atoms with E-state index in [2.05, 4.69) is 24.4 Å². The van der Waals surface area contributed by atoms with Gasteiger partial charge in [0.2, 0.25) is 0 Å². The van der Waals surface area contributed by atoms with E-state index in [9.17, 15) is 10.1 Å². The molecule has 0 fully saturated rings. The second-order valence-electron chi connectivity index (χ2n) is 4.47. The maximum absolute atomic E-state index is 10.7. The van der Waals surface area contributed by atoms with E-state index in [0.29, 0.717) is 0 Å². The quantitative estimate of drug-likeness (QED) is 0.667. The molecule has 0 saturated heterocycles. The van der Waals surface area contributed by atoms with Crippen LogP contribution in [0.25, 0.3) is 0 Å². The lowest BCUT2D eigenvalue weighted by molar-refractivity contribution is -0.384. The maximum atomic E-state index is 10.7. The van der Waals surface area contributed by atoms with Gasteiger partial charge in [-0.3, -0.25) is 10.1 Å². The van der Waals surface area contributed by atoms with E-state index in [1.807, 2.05) is 13.0 Å². The topological polar surface area (TPSA) is 55.2 Å². The van der Waals surface area contributed by atoms with Gasteiger partial charge in [0.15, 0.2) is 0 Å². The maximum Gasteiger partial charge on any atom is 0.269 e. The summed E-state index contributed by atoms with van der Waals surface area (Å²) in [7, 11) is 0. The lowest BCUT2D eigenvalue weighted by Gasteiger charge is -2.13. The summed E-state index contributed by atoms with van der Waals surface area (Å²) in [5.41, 5.74) is 1.07. The van der Waals surface area contributed by atoms with Crippen LogP contribution in [0.4, 0.5) is 5.69 Å². The van der Waals surface area contributed by atoms with E-state index in [0.717, 1.165) is 12.1 Å². The Morgan fingerprint density at radius 3 is 2.79 bits per heavy atom. The fourth-order valence-corrected chi connectivity index (χ4v) is 2.70. The monoisotopic (exact) mass is 276 g/mol. The Balaban J connectivity index is 2.01. The van der Waals surface area contributed by atoms with Crippen LogP contribution in [-0.4, -0.2) is 4.92 Å². The van der Waals surface area contributed by atoms with Gasteiger partial charge in [-0.1, -0.05) is 12.1 Å². The molecule has 100 valence electrons. The minimum atomic E-state index is -0.362. The first-order valence-corrected chi connectivity index (χ1v) is 6.91. The van der Waals surface area contributed by atoms with E-state index in [4.69, 9.17) is 0 Å². The third kappa shape index (κ3) is 3.62. The standard InChI is InChI=1S/C14H16N2O2S/c1-10-6-7-14(19-10)9-15-11(2)12-4-3-5-13(8-12)16(17)18/h3-8,11,15H,9H2,1-2H3. The second kappa shape index (κ2) is 5.95. The van der Waals surface area contributed by atoms with Crippen molar-refractivity contribution >= 4 is 17.0 Å². The molecule has 1 N–H and O–H groups in total. The smallest absolute Gasteiger partial charge is 0.269 e. The molecule has 0 bridgehead atoms. The molecule has 0 aliphatic rings. The van der Waals surface area contributed by atoms with Gasteiger partial charge in [0, 0.05) is 34.5 Å². The summed E-state index contributed by atoms with van der Waals surface area (Å²) in [6.45, 7) is 4.88. The first-order valence-electron chi connectivity index (χ1n) is 6.09. The zero-order chi connectivity index (χ0) is 13.8. The van der Waals surface area contributed by atoms with Crippen LogP contribution in [0.2, 0.25) is 0 Å². The average molecular weight is 276 g/mol. The van der Waals surface area contributed by atoms with Crippen molar-refractivity contribution in [2.75, 3.05) is 0 Å². The Labute approximate surface area is 116 Å². The van der Waals surface area contributed by atoms with E-state index >= 15 is 0 Å². The van der Waals surface area contributed by atoms with Crippen LogP contribution in [0.1, 0.15) is 28.3 Å². The summed E-state index contributed by atoms with van der Waals surface area (Å²) < 4.78 is 0. The summed E-state index contributed by atoms with van der Waals surface area (Å²) in [4.78, 5) is 12.9. The van der Waals surface area contributed by atoms with E-state index < -0.39 is 0 Å². The van der Waals surface area contributed by atoms with Crippen LogP contribution in [0.5, 0.6) is 0 Å². The number of hydrogen-bond acceptors (Lipinski definition) is 4. The average Bonchev–Trinajstić information content (AvgIpc) is 2.82. The molecule has 2 aromatic rings. The van der Waals surface area contributed by atoms with Crippen molar-refractivity contribution in [2.24, 2.45) is 0 Å². The number of hydrogen-bond donors (Lipinski definition) is 1. The number of nitro groups is 1. The van der Waals surface area contributed by atoms with Gasteiger partial charge in [-0.15, -0.1) is 11.3 Å². The minimum Gasteiger partial charge on any atom is -0.305 e. The van der Waals surface area contributed by atoms with Gasteiger partial charge in [-0.05, 0) is 31.5 Å². The van der Waals surface area contributed by atoms with Crippen LogP contribution in [-0.2, 0) is 6.54 Å². The molecule has 1 unspecified atom stereocenters. The zero-order valence-corrected chi connectivity index (χ0v) is 11.7. The molecular weight excluding hydrogens is 260 g/mol. The highest BCUT2D eigenvalue weighted by Gasteiger charge is 2.10. The Morgan fingerprint density at radius 1 is 1.37 bits per heavy atom. The summed E-state index contributed by atoms with van der Waals surface area (Å²) in [5.74, 6) is 0. The molecule has 2 rings (SSSR count). The minimum absolute atomic E-state index is 0.0855. The summed E-state index contributed by atoms with van der Waals surface area (Å²) in [5, 5.41) is 14.1. The van der Waals surface area contributed by atoms with Crippen molar-refractivity contribution in [2.45, 2.75) is 26.4 Å². The first kappa shape index (κ1) is 13.7. The Morgan fingerprint density at radius 2 is 2.16 bits per heavy atom. The Hall–Kier alpha value is -1.72. The van der Waals surface area contributed by atoms with Crippen molar-refractivity contribution in [3.05, 3.63) is 61.8 Å². The number of rotatable bonds is 5. The molecule has 19 heavy (non-hydrogen) atoms. The Kier molecular flexibility index (Phi) is 4.29. The molecule has 4 nitrogen and oxygen atoms in total. The van der Waals surface area contributed by atoms with Crippen molar-refractivity contribution in [1.82, 2.24) is 5.32 Å². The number of nitro benzene ring substituents is 1. The number of benzene rings is 1. The van der Waals surface area contributed by atoms with E-state index in [-0.39, 0.29) is 16.7 Å². The number of thiophene rings is 1. The van der Waals surface area contributed by atoms with E-state index in [1.165, 1.54) is 15.8 Å². The molecule has 1 aromatic carbocycles. The van der Waals surface area contributed by atoms with Gasteiger partial charge in [-0.2, -0.15) is 0 Å².